The van der Waals surface area contributed by atoms with Crippen LogP contribution in [0.3, 0.4) is 0 Å². The smallest absolute Gasteiger partial charge is 0.260 e. The highest BCUT2D eigenvalue weighted by Gasteiger charge is 2.52. The van der Waals surface area contributed by atoms with Crippen LogP contribution in [-0.4, -0.2) is 75.4 Å². The summed E-state index contributed by atoms with van der Waals surface area (Å²) in [5, 5.41) is 0. The number of nitrogens with zero attached hydrogens (tertiary/aromatic N) is 2. The lowest BCUT2D eigenvalue weighted by Crippen LogP contribution is -2.68. The molecule has 2 aliphatic heterocycles. The molecule has 0 aliphatic carbocycles. The minimum Gasteiger partial charge on any atom is -0.493 e. The molecule has 1 aromatic carbocycles. The molecule has 2 fully saturated rings. The van der Waals surface area contributed by atoms with Gasteiger partial charge in [-0.3, -0.25) is 9.69 Å². The number of ether oxygens (including phenoxy) is 3. The summed E-state index contributed by atoms with van der Waals surface area (Å²) >= 11 is 0. The van der Waals surface area contributed by atoms with E-state index in [1.807, 2.05) is 29.2 Å². The Morgan fingerprint density at radius 2 is 1.96 bits per heavy atom. The Balaban J connectivity index is 1.50. The summed E-state index contributed by atoms with van der Waals surface area (Å²) in [6.07, 6.45) is 1.09. The zero-order valence-electron chi connectivity index (χ0n) is 14.7. The molecule has 1 atom stereocenters. The lowest BCUT2D eigenvalue weighted by atomic mass is 9.84. The molecule has 0 N–H and O–H groups in total. The number of hydrogen-bond acceptors (Lipinski definition) is 5. The maximum Gasteiger partial charge on any atom is 0.260 e. The summed E-state index contributed by atoms with van der Waals surface area (Å²) in [6, 6.07) is 7.37. The van der Waals surface area contributed by atoms with Crippen molar-refractivity contribution in [2.75, 3.05) is 54.1 Å². The van der Waals surface area contributed by atoms with E-state index in [1.165, 1.54) is 0 Å². The Bertz CT molecular complexity index is 586. The number of benzene rings is 1. The van der Waals surface area contributed by atoms with Crippen molar-refractivity contribution >= 4 is 5.91 Å². The topological polar surface area (TPSA) is 51.2 Å². The molecule has 0 saturated carbocycles. The molecule has 2 heterocycles. The zero-order valence-corrected chi connectivity index (χ0v) is 14.7. The average molecular weight is 334 g/mol. The van der Waals surface area contributed by atoms with Gasteiger partial charge in [-0.05, 0) is 31.5 Å². The van der Waals surface area contributed by atoms with Gasteiger partial charge in [0.1, 0.15) is 0 Å². The third-order valence-electron chi connectivity index (χ3n) is 5.16. The van der Waals surface area contributed by atoms with Crippen molar-refractivity contribution in [2.24, 2.45) is 5.92 Å². The summed E-state index contributed by atoms with van der Waals surface area (Å²) in [5.74, 6) is 1.82. The number of methoxy groups -OCH3 is 2. The number of likely N-dealkylation sites (N-methyl/N-ethyl adjacent to an activating group) is 1. The van der Waals surface area contributed by atoms with Crippen LogP contribution in [0.2, 0.25) is 0 Å². The highest BCUT2D eigenvalue weighted by atomic mass is 16.5. The number of carbonyl (C=O) groups is 1. The number of likely N-dealkylation sites (tertiary alicyclic amines) is 2. The monoisotopic (exact) mass is 334 g/mol. The maximum atomic E-state index is 12.4. The van der Waals surface area contributed by atoms with Crippen LogP contribution >= 0.6 is 0 Å². The normalized spacial score (nSPS) is 22.5. The molecule has 132 valence electrons. The third kappa shape index (κ3) is 3.21. The van der Waals surface area contributed by atoms with Crippen LogP contribution in [-0.2, 0) is 9.53 Å². The van der Waals surface area contributed by atoms with Crippen LogP contribution < -0.4 is 9.47 Å². The Labute approximate surface area is 143 Å². The molecule has 0 aromatic heterocycles. The van der Waals surface area contributed by atoms with Gasteiger partial charge in [0.25, 0.3) is 5.91 Å². The second-order valence-electron chi connectivity index (χ2n) is 6.82. The fraction of sp³-hybridized carbons (Fsp3) is 0.611. The van der Waals surface area contributed by atoms with Crippen LogP contribution in [0.5, 0.6) is 11.5 Å². The standard InChI is InChI=1S/C18H26N2O4/c1-19-9-14(10-22-2)8-18(19)12-20(13-18)17(21)11-24-16-7-5-4-6-15(16)23-3/h4-7,14H,8-13H2,1-3H3/t14-/m0/s1. The molecule has 3 rings (SSSR count). The zero-order chi connectivity index (χ0) is 17.2. The van der Waals surface area contributed by atoms with Crippen molar-refractivity contribution in [2.45, 2.75) is 12.0 Å². The Kier molecular flexibility index (Phi) is 4.96. The molecule has 1 amide bonds. The van der Waals surface area contributed by atoms with E-state index in [9.17, 15) is 4.79 Å². The summed E-state index contributed by atoms with van der Waals surface area (Å²) in [5.41, 5.74) is 0.128. The summed E-state index contributed by atoms with van der Waals surface area (Å²) in [4.78, 5) is 16.6. The van der Waals surface area contributed by atoms with Crippen molar-refractivity contribution in [3.63, 3.8) is 0 Å². The van der Waals surface area contributed by atoms with E-state index in [0.717, 1.165) is 32.7 Å². The molecule has 0 unspecified atom stereocenters. The fourth-order valence-electron chi connectivity index (χ4n) is 3.87. The first kappa shape index (κ1) is 17.0. The first-order valence-corrected chi connectivity index (χ1v) is 8.32. The average Bonchev–Trinajstić information content (AvgIpc) is 2.88. The van der Waals surface area contributed by atoms with Crippen molar-refractivity contribution in [1.29, 1.82) is 0 Å². The summed E-state index contributed by atoms with van der Waals surface area (Å²) in [7, 11) is 5.48. The Hall–Kier alpha value is -1.79. The van der Waals surface area contributed by atoms with Gasteiger partial charge in [0.15, 0.2) is 18.1 Å². The van der Waals surface area contributed by atoms with Gasteiger partial charge in [-0.25, -0.2) is 0 Å². The van der Waals surface area contributed by atoms with E-state index < -0.39 is 0 Å². The van der Waals surface area contributed by atoms with Gasteiger partial charge in [0, 0.05) is 26.7 Å². The van der Waals surface area contributed by atoms with E-state index in [4.69, 9.17) is 14.2 Å². The third-order valence-corrected chi connectivity index (χ3v) is 5.16. The highest BCUT2D eigenvalue weighted by molar-refractivity contribution is 5.79. The van der Waals surface area contributed by atoms with Gasteiger partial charge >= 0.3 is 0 Å². The van der Waals surface area contributed by atoms with Gasteiger partial charge in [0.2, 0.25) is 0 Å². The highest BCUT2D eigenvalue weighted by Crippen LogP contribution is 2.39. The van der Waals surface area contributed by atoms with Crippen LogP contribution in [0.25, 0.3) is 0 Å². The van der Waals surface area contributed by atoms with Crippen LogP contribution in [0.4, 0.5) is 0 Å². The number of rotatable bonds is 6. The molecule has 6 heteroatoms. The molecule has 0 bridgehead atoms. The molecular formula is C18H26N2O4. The molecule has 24 heavy (non-hydrogen) atoms. The lowest BCUT2D eigenvalue weighted by Gasteiger charge is -2.51. The fourth-order valence-corrected chi connectivity index (χ4v) is 3.87. The Morgan fingerprint density at radius 1 is 1.25 bits per heavy atom. The predicted octanol–water partition coefficient (Wildman–Crippen LogP) is 1.25. The predicted molar refractivity (Wildman–Crippen MR) is 90.4 cm³/mol. The first-order valence-electron chi connectivity index (χ1n) is 8.32. The minimum atomic E-state index is 0.0233. The van der Waals surface area contributed by atoms with E-state index in [2.05, 4.69) is 11.9 Å². The summed E-state index contributed by atoms with van der Waals surface area (Å²) in [6.45, 7) is 3.42. The molecule has 1 spiro atoms. The van der Waals surface area contributed by atoms with Crippen molar-refractivity contribution in [1.82, 2.24) is 9.80 Å². The first-order chi connectivity index (χ1) is 11.6. The van der Waals surface area contributed by atoms with Crippen LogP contribution in [0.15, 0.2) is 24.3 Å². The van der Waals surface area contributed by atoms with E-state index >= 15 is 0 Å². The van der Waals surface area contributed by atoms with Gasteiger partial charge in [-0.15, -0.1) is 0 Å². The van der Waals surface area contributed by atoms with Crippen molar-refractivity contribution in [3.05, 3.63) is 24.3 Å². The van der Waals surface area contributed by atoms with Gasteiger partial charge in [-0.1, -0.05) is 12.1 Å². The number of hydrogen-bond donors (Lipinski definition) is 0. The minimum absolute atomic E-state index is 0.0233. The number of amides is 1. The van der Waals surface area contributed by atoms with Crippen LogP contribution in [0.1, 0.15) is 6.42 Å². The second kappa shape index (κ2) is 6.99. The number of carbonyl (C=O) groups excluding carboxylic acids is 1. The van der Waals surface area contributed by atoms with Gasteiger partial charge in [-0.2, -0.15) is 0 Å². The van der Waals surface area contributed by atoms with Gasteiger partial charge in [0.05, 0.1) is 19.3 Å². The van der Waals surface area contributed by atoms with Crippen LogP contribution in [0, 0.1) is 5.92 Å². The van der Waals surface area contributed by atoms with Crippen molar-refractivity contribution < 1.29 is 19.0 Å². The van der Waals surface area contributed by atoms with E-state index in [0.29, 0.717) is 17.4 Å². The molecule has 2 aliphatic rings. The number of para-hydroxylation sites is 2. The quantitative estimate of drug-likeness (QED) is 0.784. The maximum absolute atomic E-state index is 12.4. The molecule has 0 radical (unpaired) electrons. The largest absolute Gasteiger partial charge is 0.493 e. The van der Waals surface area contributed by atoms with Gasteiger partial charge < -0.3 is 19.1 Å². The molecule has 6 nitrogen and oxygen atoms in total. The van der Waals surface area contributed by atoms with E-state index in [-0.39, 0.29) is 18.1 Å². The molecule has 2 saturated heterocycles. The Morgan fingerprint density at radius 3 is 2.62 bits per heavy atom. The second-order valence-corrected chi connectivity index (χ2v) is 6.82. The molecule has 1 aromatic rings. The van der Waals surface area contributed by atoms with Crippen molar-refractivity contribution in [3.8, 4) is 11.5 Å². The SMILES string of the molecule is COC[C@@H]1CN(C)C2(C1)CN(C(=O)COc1ccccc1OC)C2. The lowest BCUT2D eigenvalue weighted by molar-refractivity contribution is -0.145. The van der Waals surface area contributed by atoms with E-state index in [1.54, 1.807) is 14.2 Å². The molecular weight excluding hydrogens is 308 g/mol. The summed E-state index contributed by atoms with van der Waals surface area (Å²) < 4.78 is 16.2.